The third-order valence-electron chi connectivity index (χ3n) is 4.69. The van der Waals surface area contributed by atoms with Gasteiger partial charge in [-0.1, -0.05) is 0 Å². The first-order chi connectivity index (χ1) is 13.5. The maximum atomic E-state index is 6.09. The van der Waals surface area contributed by atoms with Crippen LogP contribution >= 0.6 is 11.6 Å². The molecule has 3 aromatic rings. The minimum atomic E-state index is -0.183. The van der Waals surface area contributed by atoms with Crippen molar-refractivity contribution in [1.29, 1.82) is 0 Å². The van der Waals surface area contributed by atoms with Gasteiger partial charge in [0.1, 0.15) is 29.5 Å². The quantitative estimate of drug-likeness (QED) is 0.648. The summed E-state index contributed by atoms with van der Waals surface area (Å²) < 4.78 is 13.8. The predicted octanol–water partition coefficient (Wildman–Crippen LogP) is 3.75. The summed E-state index contributed by atoms with van der Waals surface area (Å²) >= 11 is 5.97. The number of halogens is 1. The van der Waals surface area contributed by atoms with E-state index in [-0.39, 0.29) is 17.6 Å². The summed E-state index contributed by atoms with van der Waals surface area (Å²) in [6.45, 7) is 5.28. The summed E-state index contributed by atoms with van der Waals surface area (Å²) in [6, 6.07) is 3.74. The second-order valence-electron chi connectivity index (χ2n) is 7.07. The van der Waals surface area contributed by atoms with E-state index in [1.54, 1.807) is 12.3 Å². The Morgan fingerprint density at radius 1 is 1.32 bits per heavy atom. The zero-order chi connectivity index (χ0) is 19.7. The van der Waals surface area contributed by atoms with Gasteiger partial charge in [0.25, 0.3) is 0 Å². The Balaban J connectivity index is 1.77. The molecular formula is C19H23ClN6O2. The highest BCUT2D eigenvalue weighted by molar-refractivity contribution is 6.28. The maximum absolute atomic E-state index is 6.09. The number of ether oxygens (including phenoxy) is 2. The molecule has 9 heteroatoms. The molecule has 0 radical (unpaired) electrons. The van der Waals surface area contributed by atoms with E-state index in [9.17, 15) is 0 Å². The zero-order valence-corrected chi connectivity index (χ0v) is 16.7. The van der Waals surface area contributed by atoms with Crippen LogP contribution in [0.3, 0.4) is 0 Å². The average molecular weight is 403 g/mol. The van der Waals surface area contributed by atoms with Crippen molar-refractivity contribution >= 4 is 28.5 Å². The molecule has 0 spiro atoms. The summed E-state index contributed by atoms with van der Waals surface area (Å²) in [4.78, 5) is 17.5. The van der Waals surface area contributed by atoms with Crippen LogP contribution in [0.1, 0.15) is 45.0 Å². The molecule has 28 heavy (non-hydrogen) atoms. The first kappa shape index (κ1) is 19.0. The van der Waals surface area contributed by atoms with E-state index in [1.807, 2.05) is 6.07 Å². The Labute approximate surface area is 168 Å². The predicted molar refractivity (Wildman–Crippen MR) is 107 cm³/mol. The van der Waals surface area contributed by atoms with Gasteiger partial charge in [-0.15, -0.1) is 0 Å². The number of nitrogens with zero attached hydrogens (tertiary/aromatic N) is 5. The van der Waals surface area contributed by atoms with Crippen LogP contribution in [-0.4, -0.2) is 37.4 Å². The molecule has 8 nitrogen and oxygen atoms in total. The van der Waals surface area contributed by atoms with Crippen LogP contribution in [0, 0.1) is 0 Å². The van der Waals surface area contributed by atoms with Gasteiger partial charge in [-0.05, 0) is 50.8 Å². The molecule has 1 atom stereocenters. The highest BCUT2D eigenvalue weighted by Gasteiger charge is 2.21. The lowest BCUT2D eigenvalue weighted by molar-refractivity contribution is -0.170. The van der Waals surface area contributed by atoms with E-state index < -0.39 is 0 Å². The van der Waals surface area contributed by atoms with Crippen molar-refractivity contribution < 1.29 is 9.47 Å². The van der Waals surface area contributed by atoms with Gasteiger partial charge in [-0.25, -0.2) is 19.9 Å². The van der Waals surface area contributed by atoms with Crippen LogP contribution in [0.4, 0.5) is 5.82 Å². The number of hydrogen-bond acceptors (Lipinski definition) is 7. The molecule has 0 bridgehead atoms. The van der Waals surface area contributed by atoms with Crippen molar-refractivity contribution in [3.8, 4) is 11.4 Å². The lowest BCUT2D eigenvalue weighted by Gasteiger charge is -2.23. The molecule has 1 fully saturated rings. The largest absolute Gasteiger partial charge is 0.384 e. The van der Waals surface area contributed by atoms with Crippen LogP contribution in [0.25, 0.3) is 22.4 Å². The molecular weight excluding hydrogens is 380 g/mol. The minimum absolute atomic E-state index is 0.149. The zero-order valence-electron chi connectivity index (χ0n) is 15.9. The highest BCUT2D eigenvalue weighted by Crippen LogP contribution is 2.30. The van der Waals surface area contributed by atoms with Gasteiger partial charge in [0, 0.05) is 24.9 Å². The monoisotopic (exact) mass is 402 g/mol. The first-order valence-electron chi connectivity index (χ1n) is 9.42. The van der Waals surface area contributed by atoms with Gasteiger partial charge in [-0.3, -0.25) is 0 Å². The van der Waals surface area contributed by atoms with Gasteiger partial charge in [-0.2, -0.15) is 0 Å². The molecule has 0 aromatic carbocycles. The molecule has 0 saturated carbocycles. The minimum Gasteiger partial charge on any atom is -0.384 e. The molecule has 4 heterocycles. The molecule has 1 aliphatic rings. The van der Waals surface area contributed by atoms with Crippen LogP contribution in [0.15, 0.2) is 18.3 Å². The van der Waals surface area contributed by atoms with Gasteiger partial charge in [0.2, 0.25) is 5.28 Å². The van der Waals surface area contributed by atoms with E-state index in [1.165, 1.54) is 0 Å². The number of pyridine rings is 1. The summed E-state index contributed by atoms with van der Waals surface area (Å²) in [5.41, 5.74) is 8.84. The maximum Gasteiger partial charge on any atom is 0.222 e. The Hall–Kier alpha value is -2.29. The second kappa shape index (κ2) is 7.98. The van der Waals surface area contributed by atoms with Gasteiger partial charge < -0.3 is 19.8 Å². The van der Waals surface area contributed by atoms with E-state index >= 15 is 0 Å². The van der Waals surface area contributed by atoms with Gasteiger partial charge >= 0.3 is 0 Å². The van der Waals surface area contributed by atoms with E-state index in [2.05, 4.69) is 33.4 Å². The van der Waals surface area contributed by atoms with Gasteiger partial charge in [0.05, 0.1) is 11.2 Å². The van der Waals surface area contributed by atoms with Crippen molar-refractivity contribution in [2.45, 2.75) is 52.0 Å². The number of hydrogen-bond donors (Lipinski definition) is 1. The smallest absolute Gasteiger partial charge is 0.222 e. The number of anilines is 1. The lowest BCUT2D eigenvalue weighted by Crippen LogP contribution is -2.23. The van der Waals surface area contributed by atoms with E-state index in [0.29, 0.717) is 29.3 Å². The number of nitrogen functional groups attached to an aromatic ring is 1. The fourth-order valence-corrected chi connectivity index (χ4v) is 3.64. The van der Waals surface area contributed by atoms with Crippen molar-refractivity contribution in [1.82, 2.24) is 24.5 Å². The van der Waals surface area contributed by atoms with Crippen LogP contribution < -0.4 is 5.73 Å². The molecule has 2 N–H and O–H groups in total. The van der Waals surface area contributed by atoms with Crippen molar-refractivity contribution in [2.75, 3.05) is 12.3 Å². The van der Waals surface area contributed by atoms with Gasteiger partial charge in [0.15, 0.2) is 6.29 Å². The lowest BCUT2D eigenvalue weighted by atomic mass is 10.2. The molecule has 0 aliphatic carbocycles. The third-order valence-corrected chi connectivity index (χ3v) is 4.87. The summed E-state index contributed by atoms with van der Waals surface area (Å²) in [5, 5.41) is 0.149. The number of nitrogens with two attached hydrogens (primary N) is 1. The molecule has 1 unspecified atom stereocenters. The molecule has 1 saturated heterocycles. The molecule has 148 valence electrons. The third kappa shape index (κ3) is 3.80. The van der Waals surface area contributed by atoms with E-state index in [4.69, 9.17) is 31.8 Å². The molecule has 0 amide bonds. The standard InChI is InChI=1S/C19H23ClN6O2/c1-11(2)26-13-9-14(21)24-17(12-6-7-22-19(20)23-12)18(13)25-15(26)10-28-16-5-3-4-8-27-16/h6-7,9,11,16H,3-5,8,10H2,1-2H3,(H2,21,24). The summed E-state index contributed by atoms with van der Waals surface area (Å²) in [6.07, 6.45) is 4.51. The van der Waals surface area contributed by atoms with Crippen LogP contribution in [-0.2, 0) is 16.1 Å². The molecule has 4 rings (SSSR count). The summed E-state index contributed by atoms with van der Waals surface area (Å²) in [7, 11) is 0. The Morgan fingerprint density at radius 2 is 2.18 bits per heavy atom. The Bertz CT molecular complexity index is 984. The Morgan fingerprint density at radius 3 is 2.89 bits per heavy atom. The first-order valence-corrected chi connectivity index (χ1v) is 9.80. The second-order valence-corrected chi connectivity index (χ2v) is 7.41. The molecule has 3 aromatic heterocycles. The van der Waals surface area contributed by atoms with Crippen molar-refractivity contribution in [3.63, 3.8) is 0 Å². The van der Waals surface area contributed by atoms with Crippen LogP contribution in [0.2, 0.25) is 5.28 Å². The SMILES string of the molecule is CC(C)n1c(COC2CCCCO2)nc2c(-c3ccnc(Cl)n3)nc(N)cc21. The number of fused-ring (bicyclic) bond motifs is 1. The topological polar surface area (TPSA) is 101 Å². The number of rotatable bonds is 5. The Kier molecular flexibility index (Phi) is 5.43. The van der Waals surface area contributed by atoms with E-state index in [0.717, 1.165) is 37.2 Å². The highest BCUT2D eigenvalue weighted by atomic mass is 35.5. The van der Waals surface area contributed by atoms with Crippen molar-refractivity contribution in [3.05, 3.63) is 29.4 Å². The normalized spacial score (nSPS) is 17.5. The van der Waals surface area contributed by atoms with Crippen LogP contribution in [0.5, 0.6) is 0 Å². The fraction of sp³-hybridized carbons (Fsp3) is 0.474. The summed E-state index contributed by atoms with van der Waals surface area (Å²) in [5.74, 6) is 1.19. The number of aromatic nitrogens is 5. The number of imidazole rings is 1. The molecule has 1 aliphatic heterocycles. The fourth-order valence-electron chi connectivity index (χ4n) is 3.49. The average Bonchev–Trinajstić information content (AvgIpc) is 3.05. The van der Waals surface area contributed by atoms with Crippen molar-refractivity contribution in [2.24, 2.45) is 0 Å².